The number of carbonyl (C=O) groups is 1. The van der Waals surface area contributed by atoms with Gasteiger partial charge in [-0.05, 0) is 0 Å². The second-order valence-corrected chi connectivity index (χ2v) is 1.90. The second-order valence-electron chi connectivity index (χ2n) is 1.90. The molecule has 0 aliphatic carbocycles. The molecule has 0 aromatic carbocycles. The number of nitrogens with two attached hydrogens (primary N) is 1. The van der Waals surface area contributed by atoms with Crippen LogP contribution in [0.25, 0.3) is 0 Å². The van der Waals surface area contributed by atoms with Gasteiger partial charge in [-0.3, -0.25) is 0 Å². The maximum absolute atomic E-state index is 10.3. The van der Waals surface area contributed by atoms with Crippen molar-refractivity contribution in [2.24, 2.45) is 5.73 Å². The Hall–Kier alpha value is -1.49. The highest BCUT2D eigenvalue weighted by Crippen LogP contribution is 1.94. The van der Waals surface area contributed by atoms with Crippen molar-refractivity contribution in [2.45, 2.75) is 6.54 Å². The van der Waals surface area contributed by atoms with Crippen LogP contribution in [0.1, 0.15) is 16.2 Å². The fourth-order valence-corrected chi connectivity index (χ4v) is 0.571. The smallest absolute Gasteiger partial charge is 0.338 e. The lowest BCUT2D eigenvalue weighted by atomic mass is 10.3. The van der Waals surface area contributed by atoms with Gasteiger partial charge in [0, 0.05) is 12.4 Å². The molecular weight excluding hydrogens is 146 g/mol. The van der Waals surface area contributed by atoms with Crippen LogP contribution in [-0.4, -0.2) is 21.0 Å². The van der Waals surface area contributed by atoms with Crippen LogP contribution in [-0.2, 0) is 6.54 Å². The maximum Gasteiger partial charge on any atom is 0.338 e. The van der Waals surface area contributed by atoms with Crippen molar-refractivity contribution in [1.29, 1.82) is 0 Å². The zero-order chi connectivity index (χ0) is 8.27. The molecule has 0 spiro atoms. The number of aromatic carboxylic acids is 1. The van der Waals surface area contributed by atoms with E-state index in [9.17, 15) is 4.79 Å². The summed E-state index contributed by atoms with van der Waals surface area (Å²) in [5, 5.41) is 8.44. The van der Waals surface area contributed by atoms with Crippen LogP contribution in [0.15, 0.2) is 12.4 Å². The number of hydrogen-bond donors (Lipinski definition) is 2. The lowest BCUT2D eigenvalue weighted by molar-refractivity contribution is 0.0696. The summed E-state index contributed by atoms with van der Waals surface area (Å²) in [6, 6.07) is 0. The average Bonchev–Trinajstić information content (AvgIpc) is 2.05. The van der Waals surface area contributed by atoms with E-state index in [1.165, 1.54) is 12.4 Å². The average molecular weight is 153 g/mol. The Kier molecular flexibility index (Phi) is 2.12. The molecule has 1 aromatic rings. The van der Waals surface area contributed by atoms with Gasteiger partial charge in [0.05, 0.1) is 12.1 Å². The van der Waals surface area contributed by atoms with Crippen molar-refractivity contribution in [3.05, 3.63) is 23.8 Å². The largest absolute Gasteiger partial charge is 0.478 e. The molecule has 3 N–H and O–H groups in total. The molecule has 0 fully saturated rings. The standard InChI is InChI=1S/C6H7N3O2/c7-1-5-8-2-4(3-9-5)6(10)11/h2-3H,1,7H2,(H,10,11). The Balaban J connectivity index is 2.91. The molecule has 1 heterocycles. The summed E-state index contributed by atoms with van der Waals surface area (Å²) in [6.07, 6.45) is 2.47. The number of carboxylic acids is 1. The first-order chi connectivity index (χ1) is 5.24. The van der Waals surface area contributed by atoms with E-state index >= 15 is 0 Å². The van der Waals surface area contributed by atoms with Gasteiger partial charge in [-0.2, -0.15) is 0 Å². The van der Waals surface area contributed by atoms with Gasteiger partial charge in [-0.15, -0.1) is 0 Å². The highest BCUT2D eigenvalue weighted by atomic mass is 16.4. The molecule has 0 atom stereocenters. The number of hydrogen-bond acceptors (Lipinski definition) is 4. The lowest BCUT2D eigenvalue weighted by Crippen LogP contribution is -2.05. The minimum atomic E-state index is -1.03. The highest BCUT2D eigenvalue weighted by molar-refractivity contribution is 5.86. The van der Waals surface area contributed by atoms with Gasteiger partial charge in [0.25, 0.3) is 0 Å². The van der Waals surface area contributed by atoms with Crippen LogP contribution in [0, 0.1) is 0 Å². The first-order valence-corrected chi connectivity index (χ1v) is 2.98. The number of carboxylic acid groups (broad SMARTS) is 1. The molecule has 0 bridgehead atoms. The molecule has 0 saturated heterocycles. The monoisotopic (exact) mass is 153 g/mol. The molecule has 0 unspecified atom stereocenters. The van der Waals surface area contributed by atoms with Crippen LogP contribution in [0.3, 0.4) is 0 Å². The molecule has 1 rings (SSSR count). The van der Waals surface area contributed by atoms with Gasteiger partial charge < -0.3 is 10.8 Å². The van der Waals surface area contributed by atoms with Gasteiger partial charge in [0.2, 0.25) is 0 Å². The third-order valence-electron chi connectivity index (χ3n) is 1.13. The van der Waals surface area contributed by atoms with E-state index in [1.54, 1.807) is 0 Å². The molecule has 0 radical (unpaired) electrons. The van der Waals surface area contributed by atoms with Gasteiger partial charge in [-0.1, -0.05) is 0 Å². The topological polar surface area (TPSA) is 89.1 Å². The van der Waals surface area contributed by atoms with Crippen molar-refractivity contribution in [2.75, 3.05) is 0 Å². The van der Waals surface area contributed by atoms with E-state index in [0.717, 1.165) is 0 Å². The second kappa shape index (κ2) is 3.07. The Bertz CT molecular complexity index is 257. The predicted molar refractivity (Wildman–Crippen MR) is 36.9 cm³/mol. The normalized spacial score (nSPS) is 9.55. The van der Waals surface area contributed by atoms with Crippen molar-refractivity contribution in [1.82, 2.24) is 9.97 Å². The van der Waals surface area contributed by atoms with Crippen molar-refractivity contribution in [3.63, 3.8) is 0 Å². The van der Waals surface area contributed by atoms with E-state index in [4.69, 9.17) is 10.8 Å². The van der Waals surface area contributed by atoms with Crippen molar-refractivity contribution in [3.8, 4) is 0 Å². The van der Waals surface area contributed by atoms with Gasteiger partial charge >= 0.3 is 5.97 Å². The minimum Gasteiger partial charge on any atom is -0.478 e. The molecule has 11 heavy (non-hydrogen) atoms. The molecule has 5 heteroatoms. The third kappa shape index (κ3) is 1.71. The summed E-state index contributed by atoms with van der Waals surface area (Å²) in [5.41, 5.74) is 5.28. The van der Waals surface area contributed by atoms with Crippen LogP contribution in [0.5, 0.6) is 0 Å². The van der Waals surface area contributed by atoms with Crippen molar-refractivity contribution >= 4 is 5.97 Å². The molecule has 0 aliphatic rings. The van der Waals surface area contributed by atoms with Gasteiger partial charge in [0.1, 0.15) is 5.82 Å². The summed E-state index contributed by atoms with van der Waals surface area (Å²) in [4.78, 5) is 17.7. The Morgan fingerprint density at radius 3 is 2.45 bits per heavy atom. The van der Waals surface area contributed by atoms with E-state index in [0.29, 0.717) is 5.82 Å². The minimum absolute atomic E-state index is 0.0715. The Morgan fingerprint density at radius 2 is 2.09 bits per heavy atom. The van der Waals surface area contributed by atoms with Crippen LogP contribution in [0.4, 0.5) is 0 Å². The van der Waals surface area contributed by atoms with E-state index in [1.807, 2.05) is 0 Å². The fraction of sp³-hybridized carbons (Fsp3) is 0.167. The molecule has 5 nitrogen and oxygen atoms in total. The van der Waals surface area contributed by atoms with E-state index < -0.39 is 5.97 Å². The van der Waals surface area contributed by atoms with Crippen LogP contribution >= 0.6 is 0 Å². The summed E-state index contributed by atoms with van der Waals surface area (Å²) in [7, 11) is 0. The van der Waals surface area contributed by atoms with Crippen molar-refractivity contribution < 1.29 is 9.90 Å². The number of aromatic nitrogens is 2. The molecular formula is C6H7N3O2. The summed E-state index contributed by atoms with van der Waals surface area (Å²) in [5.74, 6) is -0.594. The fourth-order valence-electron chi connectivity index (χ4n) is 0.571. The zero-order valence-corrected chi connectivity index (χ0v) is 5.69. The molecule has 1 aromatic heterocycles. The predicted octanol–water partition coefficient (Wildman–Crippen LogP) is -0.367. The molecule has 0 aliphatic heterocycles. The Morgan fingerprint density at radius 1 is 1.55 bits per heavy atom. The van der Waals surface area contributed by atoms with E-state index in [2.05, 4.69) is 9.97 Å². The number of nitrogens with zero attached hydrogens (tertiary/aromatic N) is 2. The Labute approximate surface area is 62.9 Å². The number of rotatable bonds is 2. The molecule has 58 valence electrons. The first-order valence-electron chi connectivity index (χ1n) is 2.98. The summed E-state index contributed by atoms with van der Waals surface area (Å²) < 4.78 is 0. The third-order valence-corrected chi connectivity index (χ3v) is 1.13. The van der Waals surface area contributed by atoms with Crippen LogP contribution < -0.4 is 5.73 Å². The quantitative estimate of drug-likeness (QED) is 0.605. The van der Waals surface area contributed by atoms with Gasteiger partial charge in [-0.25, -0.2) is 14.8 Å². The van der Waals surface area contributed by atoms with Crippen LogP contribution in [0.2, 0.25) is 0 Å². The molecule has 0 amide bonds. The first kappa shape index (κ1) is 7.62. The lowest BCUT2D eigenvalue weighted by Gasteiger charge is -1.94. The van der Waals surface area contributed by atoms with E-state index in [-0.39, 0.29) is 12.1 Å². The summed E-state index contributed by atoms with van der Waals surface area (Å²) in [6.45, 7) is 0.222. The highest BCUT2D eigenvalue weighted by Gasteiger charge is 2.02. The van der Waals surface area contributed by atoms with Gasteiger partial charge in [0.15, 0.2) is 0 Å². The molecule has 0 saturated carbocycles. The maximum atomic E-state index is 10.3. The summed E-state index contributed by atoms with van der Waals surface area (Å²) >= 11 is 0. The SMILES string of the molecule is NCc1ncc(C(=O)O)cn1. The zero-order valence-electron chi connectivity index (χ0n) is 5.69.